The van der Waals surface area contributed by atoms with Gasteiger partial charge in [0.15, 0.2) is 0 Å². The summed E-state index contributed by atoms with van der Waals surface area (Å²) >= 11 is 0. The maximum Gasteiger partial charge on any atom is 0.235 e. The number of nitrogens with one attached hydrogen (secondary N) is 2. The molecule has 0 spiro atoms. The van der Waals surface area contributed by atoms with Gasteiger partial charge >= 0.3 is 0 Å². The van der Waals surface area contributed by atoms with Gasteiger partial charge in [0.05, 0.1) is 0 Å². The number of rotatable bonds is 8. The van der Waals surface area contributed by atoms with Gasteiger partial charge < -0.3 is 15.5 Å². The van der Waals surface area contributed by atoms with Crippen LogP contribution in [0.5, 0.6) is 0 Å². The van der Waals surface area contributed by atoms with Crippen LogP contribution in [0.1, 0.15) is 44.9 Å². The van der Waals surface area contributed by atoms with Crippen LogP contribution in [-0.4, -0.2) is 50.4 Å². The monoisotopic (exact) mass is 307 g/mol. The minimum absolute atomic E-state index is 0.0914. The predicted molar refractivity (Wildman–Crippen MR) is 87.4 cm³/mol. The standard InChI is InChI=1S/C17H29N3O2/c1-20(2)13-12-19-16(22)17(9-10-17)15(21)18-11-8-14-6-4-3-5-7-14/h6H,3-5,7-13H2,1-2H3,(H,18,21)(H,19,22). The average molecular weight is 307 g/mol. The van der Waals surface area contributed by atoms with Crippen molar-refractivity contribution in [3.63, 3.8) is 0 Å². The molecule has 22 heavy (non-hydrogen) atoms. The largest absolute Gasteiger partial charge is 0.355 e. The van der Waals surface area contributed by atoms with Crippen LogP contribution in [0, 0.1) is 5.41 Å². The summed E-state index contributed by atoms with van der Waals surface area (Å²) in [6, 6.07) is 0. The molecule has 124 valence electrons. The fraction of sp³-hybridized carbons (Fsp3) is 0.765. The molecule has 2 aliphatic rings. The molecule has 2 aliphatic carbocycles. The van der Waals surface area contributed by atoms with Crippen molar-refractivity contribution in [3.8, 4) is 0 Å². The van der Waals surface area contributed by atoms with Crippen molar-refractivity contribution in [1.29, 1.82) is 0 Å². The van der Waals surface area contributed by atoms with Crippen molar-refractivity contribution in [1.82, 2.24) is 15.5 Å². The van der Waals surface area contributed by atoms with E-state index in [2.05, 4.69) is 16.7 Å². The molecule has 2 amide bonds. The SMILES string of the molecule is CN(C)CCNC(=O)C1(C(=O)NCCC2=CCCCC2)CC1. The number of hydrogen-bond acceptors (Lipinski definition) is 3. The summed E-state index contributed by atoms with van der Waals surface area (Å²) in [6.07, 6.45) is 9.45. The summed E-state index contributed by atoms with van der Waals surface area (Å²) in [5.41, 5.74) is 0.666. The van der Waals surface area contributed by atoms with E-state index in [0.717, 1.165) is 19.4 Å². The number of carbonyl (C=O) groups excluding carboxylic acids is 2. The van der Waals surface area contributed by atoms with Crippen LogP contribution in [0.15, 0.2) is 11.6 Å². The van der Waals surface area contributed by atoms with Crippen molar-refractivity contribution < 1.29 is 9.59 Å². The first-order valence-corrected chi connectivity index (χ1v) is 8.44. The Kier molecular flexibility index (Phi) is 6.00. The van der Waals surface area contributed by atoms with Gasteiger partial charge in [-0.15, -0.1) is 0 Å². The molecule has 5 heteroatoms. The topological polar surface area (TPSA) is 61.4 Å². The zero-order valence-electron chi connectivity index (χ0n) is 13.9. The number of carbonyl (C=O) groups is 2. The van der Waals surface area contributed by atoms with E-state index >= 15 is 0 Å². The van der Waals surface area contributed by atoms with Crippen LogP contribution in [-0.2, 0) is 9.59 Å². The van der Waals surface area contributed by atoms with Crippen molar-refractivity contribution in [3.05, 3.63) is 11.6 Å². The molecular formula is C17H29N3O2. The molecule has 5 nitrogen and oxygen atoms in total. The number of likely N-dealkylation sites (N-methyl/N-ethyl adjacent to an activating group) is 1. The molecule has 0 unspecified atom stereocenters. The molecule has 2 rings (SSSR count). The van der Waals surface area contributed by atoms with Crippen LogP contribution in [0.3, 0.4) is 0 Å². The third-order valence-electron chi connectivity index (χ3n) is 4.58. The van der Waals surface area contributed by atoms with Crippen LogP contribution < -0.4 is 10.6 Å². The summed E-state index contributed by atoms with van der Waals surface area (Å²) in [7, 11) is 3.93. The van der Waals surface area contributed by atoms with Crippen molar-refractivity contribution >= 4 is 11.8 Å². The first kappa shape index (κ1) is 17.0. The second kappa shape index (κ2) is 7.77. The van der Waals surface area contributed by atoms with Gasteiger partial charge in [-0.05, 0) is 59.0 Å². The first-order valence-electron chi connectivity index (χ1n) is 8.44. The lowest BCUT2D eigenvalue weighted by atomic mass is 9.97. The van der Waals surface area contributed by atoms with E-state index in [9.17, 15) is 9.59 Å². The van der Waals surface area contributed by atoms with E-state index < -0.39 is 5.41 Å². The Morgan fingerprint density at radius 1 is 1.14 bits per heavy atom. The third-order valence-corrected chi connectivity index (χ3v) is 4.58. The Balaban J connectivity index is 1.71. The van der Waals surface area contributed by atoms with Crippen LogP contribution in [0.4, 0.5) is 0 Å². The van der Waals surface area contributed by atoms with E-state index in [1.54, 1.807) is 0 Å². The second-order valence-corrected chi connectivity index (χ2v) is 6.76. The molecule has 0 aliphatic heterocycles. The zero-order chi connectivity index (χ0) is 16.0. The highest BCUT2D eigenvalue weighted by atomic mass is 16.2. The molecule has 0 aromatic heterocycles. The number of hydrogen-bond donors (Lipinski definition) is 2. The molecule has 1 fully saturated rings. The maximum atomic E-state index is 12.3. The van der Waals surface area contributed by atoms with E-state index in [4.69, 9.17) is 0 Å². The minimum Gasteiger partial charge on any atom is -0.355 e. The van der Waals surface area contributed by atoms with Crippen LogP contribution in [0.2, 0.25) is 0 Å². The minimum atomic E-state index is -0.784. The van der Waals surface area contributed by atoms with Gasteiger partial charge in [-0.3, -0.25) is 9.59 Å². The van der Waals surface area contributed by atoms with Gasteiger partial charge in [0.1, 0.15) is 5.41 Å². The Labute approximate surface area is 133 Å². The molecule has 0 aromatic carbocycles. The molecule has 0 radical (unpaired) electrons. The molecule has 0 bridgehead atoms. The van der Waals surface area contributed by atoms with Gasteiger partial charge in [0.2, 0.25) is 11.8 Å². The first-order chi connectivity index (χ1) is 10.5. The van der Waals surface area contributed by atoms with Gasteiger partial charge in [0.25, 0.3) is 0 Å². The highest BCUT2D eigenvalue weighted by Crippen LogP contribution is 2.46. The molecule has 0 saturated heterocycles. The maximum absolute atomic E-state index is 12.3. The second-order valence-electron chi connectivity index (χ2n) is 6.76. The van der Waals surface area contributed by atoms with E-state index in [-0.39, 0.29) is 11.8 Å². The lowest BCUT2D eigenvalue weighted by Crippen LogP contribution is -2.44. The predicted octanol–water partition coefficient (Wildman–Crippen LogP) is 1.45. The molecule has 0 heterocycles. The van der Waals surface area contributed by atoms with Crippen LogP contribution in [0.25, 0.3) is 0 Å². The summed E-state index contributed by atoms with van der Waals surface area (Å²) in [5.74, 6) is -0.199. The van der Waals surface area contributed by atoms with E-state index in [0.29, 0.717) is 25.9 Å². The Morgan fingerprint density at radius 3 is 2.36 bits per heavy atom. The highest BCUT2D eigenvalue weighted by Gasteiger charge is 2.56. The average Bonchev–Trinajstić information content (AvgIpc) is 3.29. The van der Waals surface area contributed by atoms with Gasteiger partial charge in [-0.2, -0.15) is 0 Å². The third kappa shape index (κ3) is 4.57. The fourth-order valence-corrected chi connectivity index (χ4v) is 2.88. The number of nitrogens with zero attached hydrogens (tertiary/aromatic N) is 1. The Bertz CT molecular complexity index is 439. The van der Waals surface area contributed by atoms with Crippen molar-refractivity contribution in [2.75, 3.05) is 33.7 Å². The molecular weight excluding hydrogens is 278 g/mol. The number of amides is 2. The van der Waals surface area contributed by atoms with Crippen molar-refractivity contribution in [2.24, 2.45) is 5.41 Å². The molecule has 2 N–H and O–H groups in total. The normalized spacial score (nSPS) is 19.5. The summed E-state index contributed by atoms with van der Waals surface area (Å²) in [5, 5.41) is 5.85. The van der Waals surface area contributed by atoms with Crippen molar-refractivity contribution in [2.45, 2.75) is 44.9 Å². The van der Waals surface area contributed by atoms with Gasteiger partial charge in [0, 0.05) is 19.6 Å². The summed E-state index contributed by atoms with van der Waals surface area (Å²) < 4.78 is 0. The highest BCUT2D eigenvalue weighted by molar-refractivity contribution is 6.07. The number of allylic oxidation sites excluding steroid dienone is 1. The summed E-state index contributed by atoms with van der Waals surface area (Å²) in [6.45, 7) is 2.03. The van der Waals surface area contributed by atoms with E-state index in [1.165, 1.54) is 24.8 Å². The van der Waals surface area contributed by atoms with Gasteiger partial charge in [-0.1, -0.05) is 11.6 Å². The lowest BCUT2D eigenvalue weighted by Gasteiger charge is -2.17. The molecule has 0 atom stereocenters. The Hall–Kier alpha value is -1.36. The fourth-order valence-electron chi connectivity index (χ4n) is 2.88. The van der Waals surface area contributed by atoms with E-state index in [1.807, 2.05) is 19.0 Å². The molecule has 1 saturated carbocycles. The molecule has 0 aromatic rings. The quantitative estimate of drug-likeness (QED) is 0.527. The van der Waals surface area contributed by atoms with Crippen LogP contribution >= 0.6 is 0 Å². The summed E-state index contributed by atoms with van der Waals surface area (Å²) in [4.78, 5) is 26.5. The smallest absolute Gasteiger partial charge is 0.235 e. The zero-order valence-corrected chi connectivity index (χ0v) is 13.9. The van der Waals surface area contributed by atoms with Gasteiger partial charge in [-0.25, -0.2) is 0 Å². The Morgan fingerprint density at radius 2 is 1.82 bits per heavy atom. The lowest BCUT2D eigenvalue weighted by molar-refractivity contribution is -0.137.